The first kappa shape index (κ1) is 30.1. The van der Waals surface area contributed by atoms with Gasteiger partial charge in [0.25, 0.3) is 0 Å². The molecule has 0 radical (unpaired) electrons. The van der Waals surface area contributed by atoms with Gasteiger partial charge in [0, 0.05) is 0 Å². The number of thiophene rings is 3. The molecule has 0 amide bonds. The molecule has 0 saturated heterocycles. The number of carbonyl (C=O) groups is 3. The summed E-state index contributed by atoms with van der Waals surface area (Å²) in [6.07, 6.45) is 0. The van der Waals surface area contributed by atoms with Gasteiger partial charge in [-0.25, -0.2) is 14.4 Å². The van der Waals surface area contributed by atoms with Crippen molar-refractivity contribution < 1.29 is 28.6 Å². The topological polar surface area (TPSA) is 78.9 Å². The monoisotopic (exact) mass is 774 g/mol. The second kappa shape index (κ2) is 13.2. The van der Waals surface area contributed by atoms with Crippen LogP contribution in [0.3, 0.4) is 0 Å². The summed E-state index contributed by atoms with van der Waals surface area (Å²) in [5, 5.41) is 0. The van der Waals surface area contributed by atoms with Crippen LogP contribution < -0.4 is 0 Å². The zero-order valence-electron chi connectivity index (χ0n) is 20.9. The number of halogens is 3. The van der Waals surface area contributed by atoms with Crippen molar-refractivity contribution in [2.45, 2.75) is 20.8 Å². The zero-order chi connectivity index (χ0) is 28.3. The van der Waals surface area contributed by atoms with Crippen LogP contribution in [0.2, 0.25) is 0 Å². The highest BCUT2D eigenvalue weighted by Crippen LogP contribution is 2.45. The summed E-state index contributed by atoms with van der Waals surface area (Å²) in [7, 11) is 0. The smallest absolute Gasteiger partial charge is 0.339 e. The summed E-state index contributed by atoms with van der Waals surface area (Å²) < 4.78 is 18.2. The molecule has 4 aromatic rings. The number of hydrogen-bond donors (Lipinski definition) is 0. The Bertz CT molecular complexity index is 1360. The average Bonchev–Trinajstić information content (AvgIpc) is 3.60. The third kappa shape index (κ3) is 6.74. The van der Waals surface area contributed by atoms with E-state index < -0.39 is 17.9 Å². The van der Waals surface area contributed by atoms with Crippen molar-refractivity contribution in [3.8, 4) is 31.3 Å². The van der Waals surface area contributed by atoms with Gasteiger partial charge in [-0.15, -0.1) is 34.0 Å². The van der Waals surface area contributed by atoms with Gasteiger partial charge >= 0.3 is 17.9 Å². The molecule has 12 heteroatoms. The Morgan fingerprint density at radius 1 is 0.538 bits per heavy atom. The first-order chi connectivity index (χ1) is 18.7. The van der Waals surface area contributed by atoms with Crippen LogP contribution in [0.4, 0.5) is 0 Å². The number of ether oxygens (including phenoxy) is 3. The highest BCUT2D eigenvalue weighted by atomic mass is 79.9. The lowest BCUT2D eigenvalue weighted by Crippen LogP contribution is -2.05. The fourth-order valence-electron chi connectivity index (χ4n) is 3.83. The Kier molecular flexibility index (Phi) is 10.2. The largest absolute Gasteiger partial charge is 0.462 e. The molecular weight excluding hydrogens is 756 g/mol. The van der Waals surface area contributed by atoms with Crippen molar-refractivity contribution in [3.63, 3.8) is 0 Å². The van der Waals surface area contributed by atoms with Gasteiger partial charge in [0.05, 0.1) is 62.5 Å². The Morgan fingerprint density at radius 3 is 1.03 bits per heavy atom. The Balaban J connectivity index is 1.99. The molecule has 3 heterocycles. The van der Waals surface area contributed by atoms with E-state index in [0.29, 0.717) is 31.3 Å². The van der Waals surface area contributed by atoms with E-state index in [1.54, 1.807) is 39.0 Å². The van der Waals surface area contributed by atoms with E-state index >= 15 is 0 Å². The summed E-state index contributed by atoms with van der Waals surface area (Å²) in [6, 6.07) is 11.0. The van der Waals surface area contributed by atoms with Gasteiger partial charge in [-0.3, -0.25) is 0 Å². The van der Waals surface area contributed by atoms with Crippen LogP contribution in [0.15, 0.2) is 47.8 Å². The average molecular weight is 777 g/mol. The predicted octanol–water partition coefficient (Wildman–Crippen LogP) is 9.69. The van der Waals surface area contributed by atoms with E-state index in [-0.39, 0.29) is 19.8 Å². The fraction of sp³-hybridized carbons (Fsp3) is 0.222. The van der Waals surface area contributed by atoms with E-state index in [9.17, 15) is 14.4 Å². The van der Waals surface area contributed by atoms with E-state index in [0.717, 1.165) is 28.0 Å². The molecule has 0 fully saturated rings. The first-order valence-corrected chi connectivity index (χ1v) is 16.5. The molecule has 0 bridgehead atoms. The minimum Gasteiger partial charge on any atom is -0.462 e. The molecule has 0 aliphatic heterocycles. The van der Waals surface area contributed by atoms with E-state index in [4.69, 9.17) is 14.2 Å². The van der Waals surface area contributed by atoms with Gasteiger partial charge in [0.2, 0.25) is 0 Å². The second-order valence-electron chi connectivity index (χ2n) is 7.84. The molecule has 204 valence electrons. The number of rotatable bonds is 9. The predicted molar refractivity (Wildman–Crippen MR) is 167 cm³/mol. The molecule has 0 N–H and O–H groups in total. The van der Waals surface area contributed by atoms with Crippen LogP contribution in [-0.2, 0) is 14.2 Å². The van der Waals surface area contributed by atoms with Crippen molar-refractivity contribution in [3.05, 3.63) is 64.4 Å². The normalized spacial score (nSPS) is 10.9. The van der Waals surface area contributed by atoms with E-state index in [1.807, 2.05) is 18.2 Å². The molecule has 0 atom stereocenters. The maximum absolute atomic E-state index is 12.8. The van der Waals surface area contributed by atoms with Gasteiger partial charge in [-0.1, -0.05) is 0 Å². The molecule has 0 aliphatic rings. The molecule has 6 nitrogen and oxygen atoms in total. The summed E-state index contributed by atoms with van der Waals surface area (Å²) in [4.78, 5) is 40.6. The first-order valence-electron chi connectivity index (χ1n) is 11.7. The molecule has 4 rings (SSSR count). The van der Waals surface area contributed by atoms with Gasteiger partial charge in [0.1, 0.15) is 0 Å². The minimum absolute atomic E-state index is 0.245. The van der Waals surface area contributed by atoms with Crippen molar-refractivity contribution in [2.75, 3.05) is 19.8 Å². The van der Waals surface area contributed by atoms with Crippen molar-refractivity contribution in [1.29, 1.82) is 0 Å². The maximum atomic E-state index is 12.8. The van der Waals surface area contributed by atoms with Crippen LogP contribution in [0.1, 0.15) is 51.8 Å². The highest BCUT2D eigenvalue weighted by Gasteiger charge is 2.25. The highest BCUT2D eigenvalue weighted by molar-refractivity contribution is 9.11. The number of hydrogen-bond acceptors (Lipinski definition) is 9. The van der Waals surface area contributed by atoms with E-state index in [2.05, 4.69) is 47.8 Å². The van der Waals surface area contributed by atoms with Gasteiger partial charge < -0.3 is 14.2 Å². The second-order valence-corrected chi connectivity index (χ2v) is 15.1. The number of benzene rings is 1. The van der Waals surface area contributed by atoms with Crippen LogP contribution in [-0.4, -0.2) is 37.7 Å². The van der Waals surface area contributed by atoms with Gasteiger partial charge in [-0.2, -0.15) is 0 Å². The third-order valence-corrected chi connectivity index (χ3v) is 10.4. The lowest BCUT2D eigenvalue weighted by Gasteiger charge is -2.12. The summed E-state index contributed by atoms with van der Waals surface area (Å²) in [5.74, 6) is -1.30. The lowest BCUT2D eigenvalue weighted by molar-refractivity contribution is 0.0518. The minimum atomic E-state index is -0.432. The summed E-state index contributed by atoms with van der Waals surface area (Å²) in [5.41, 5.74) is 3.48. The summed E-state index contributed by atoms with van der Waals surface area (Å²) in [6.45, 7) is 6.01. The van der Waals surface area contributed by atoms with Crippen molar-refractivity contribution in [1.82, 2.24) is 0 Å². The third-order valence-electron chi connectivity index (χ3n) is 5.31. The zero-order valence-corrected chi connectivity index (χ0v) is 28.1. The maximum Gasteiger partial charge on any atom is 0.339 e. The van der Waals surface area contributed by atoms with Crippen molar-refractivity contribution in [2.24, 2.45) is 0 Å². The lowest BCUT2D eigenvalue weighted by atomic mass is 9.98. The van der Waals surface area contributed by atoms with Crippen LogP contribution >= 0.6 is 81.8 Å². The molecule has 0 unspecified atom stereocenters. The Morgan fingerprint density at radius 2 is 0.795 bits per heavy atom. The Hall–Kier alpha value is -1.83. The molecule has 0 spiro atoms. The quantitative estimate of drug-likeness (QED) is 0.125. The SMILES string of the molecule is CCOC(=O)c1cc(Br)sc1-c1cc(-c2sc(Br)cc2C(=O)OCC)cc(-c2sc(Br)cc2C(=O)OCC)c1. The molecular formula is C27H21Br3O6S3. The molecule has 0 saturated carbocycles. The standard InChI is InChI=1S/C27H21Br3O6S3/c1-4-34-25(31)16-10-19(28)37-22(16)13-7-14(23-17(11-20(29)38-23)26(32)35-5-2)9-15(8-13)24-18(12-21(30)39-24)27(33)36-6-3/h7-12H,4-6H2,1-3H3. The van der Waals surface area contributed by atoms with Crippen LogP contribution in [0.25, 0.3) is 31.3 Å². The Labute approximate surface area is 262 Å². The molecule has 39 heavy (non-hydrogen) atoms. The summed E-state index contributed by atoms with van der Waals surface area (Å²) >= 11 is 14.7. The fourth-order valence-corrected chi connectivity index (χ4v) is 8.55. The van der Waals surface area contributed by atoms with Crippen molar-refractivity contribution >= 4 is 99.7 Å². The van der Waals surface area contributed by atoms with Crippen LogP contribution in [0.5, 0.6) is 0 Å². The van der Waals surface area contributed by atoms with Gasteiger partial charge in [0.15, 0.2) is 0 Å². The molecule has 3 aromatic heterocycles. The van der Waals surface area contributed by atoms with Crippen LogP contribution in [0, 0.1) is 0 Å². The van der Waals surface area contributed by atoms with Gasteiger partial charge in [-0.05, 0) is 122 Å². The molecule has 0 aliphatic carbocycles. The molecule has 1 aromatic carbocycles. The number of esters is 3. The van der Waals surface area contributed by atoms with E-state index in [1.165, 1.54) is 34.0 Å². The number of carbonyl (C=O) groups excluding carboxylic acids is 3.